The normalized spacial score (nSPS) is 18.4. The molecule has 1 unspecified atom stereocenters. The van der Waals surface area contributed by atoms with Crippen LogP contribution in [-0.4, -0.2) is 41.5 Å². The first-order valence-corrected chi connectivity index (χ1v) is 9.08. The van der Waals surface area contributed by atoms with Gasteiger partial charge in [-0.2, -0.15) is 0 Å². The van der Waals surface area contributed by atoms with E-state index in [9.17, 15) is 4.79 Å². The quantitative estimate of drug-likeness (QED) is 0.489. The van der Waals surface area contributed by atoms with Crippen LogP contribution in [-0.2, 0) is 0 Å². The van der Waals surface area contributed by atoms with Gasteiger partial charge in [-0.1, -0.05) is 65.2 Å². The summed E-state index contributed by atoms with van der Waals surface area (Å²) in [5.41, 5.74) is 0.0726. The monoisotopic (exact) mass is 296 g/mol. The molecule has 0 saturated carbocycles. The van der Waals surface area contributed by atoms with Gasteiger partial charge in [0.25, 0.3) is 0 Å². The number of nitrogens with zero attached hydrogens (tertiary/aromatic N) is 2. The van der Waals surface area contributed by atoms with E-state index in [2.05, 4.69) is 25.7 Å². The predicted octanol–water partition coefficient (Wildman–Crippen LogP) is 5.05. The van der Waals surface area contributed by atoms with Crippen molar-refractivity contribution in [3.63, 3.8) is 0 Å². The molecule has 0 N–H and O–H groups in total. The van der Waals surface area contributed by atoms with E-state index in [1.54, 1.807) is 0 Å². The second-order valence-electron chi connectivity index (χ2n) is 6.97. The molecule has 0 aromatic rings. The average molecular weight is 296 g/mol. The SMILES string of the molecule is CCCCCCCC(C)(CCCCC)N1CCN(C)C1=O. The molecule has 124 valence electrons. The Balaban J connectivity index is 2.54. The fourth-order valence-corrected chi connectivity index (χ4v) is 3.41. The number of hydrogen-bond donors (Lipinski definition) is 0. The number of likely N-dealkylation sites (N-methyl/N-ethyl adjacent to an activating group) is 1. The molecule has 0 aliphatic carbocycles. The summed E-state index contributed by atoms with van der Waals surface area (Å²) in [6, 6.07) is 0.238. The Labute approximate surface area is 132 Å². The molecule has 0 bridgehead atoms. The van der Waals surface area contributed by atoms with Crippen LogP contribution in [0.1, 0.15) is 85.0 Å². The largest absolute Gasteiger partial charge is 0.326 e. The topological polar surface area (TPSA) is 23.6 Å². The minimum Gasteiger partial charge on any atom is -0.326 e. The Morgan fingerprint density at radius 2 is 1.43 bits per heavy atom. The molecule has 1 atom stereocenters. The highest BCUT2D eigenvalue weighted by molar-refractivity contribution is 5.77. The van der Waals surface area contributed by atoms with Gasteiger partial charge in [0.05, 0.1) is 0 Å². The summed E-state index contributed by atoms with van der Waals surface area (Å²) in [4.78, 5) is 16.4. The van der Waals surface area contributed by atoms with Crippen LogP contribution in [0.15, 0.2) is 0 Å². The van der Waals surface area contributed by atoms with E-state index in [0.29, 0.717) is 0 Å². The summed E-state index contributed by atoms with van der Waals surface area (Å²) in [5.74, 6) is 0. The van der Waals surface area contributed by atoms with E-state index < -0.39 is 0 Å². The number of carbonyl (C=O) groups excluding carboxylic acids is 1. The molecular formula is C18H36N2O. The second kappa shape index (κ2) is 9.32. The van der Waals surface area contributed by atoms with Crippen LogP contribution in [0, 0.1) is 0 Å². The first-order chi connectivity index (χ1) is 10.0. The summed E-state index contributed by atoms with van der Waals surface area (Å²) >= 11 is 0. The Hall–Kier alpha value is -0.730. The smallest absolute Gasteiger partial charge is 0.320 e. The third-order valence-electron chi connectivity index (χ3n) is 5.01. The highest BCUT2D eigenvalue weighted by Gasteiger charge is 2.39. The first-order valence-electron chi connectivity index (χ1n) is 9.08. The van der Waals surface area contributed by atoms with Gasteiger partial charge in [-0.15, -0.1) is 0 Å². The number of carbonyl (C=O) groups is 1. The van der Waals surface area contributed by atoms with Gasteiger partial charge in [0.15, 0.2) is 0 Å². The Morgan fingerprint density at radius 3 is 1.95 bits per heavy atom. The summed E-state index contributed by atoms with van der Waals surface area (Å²) in [5, 5.41) is 0. The highest BCUT2D eigenvalue weighted by atomic mass is 16.2. The summed E-state index contributed by atoms with van der Waals surface area (Å²) in [6.07, 6.45) is 12.7. The molecule has 0 aromatic carbocycles. The fraction of sp³-hybridized carbons (Fsp3) is 0.944. The van der Waals surface area contributed by atoms with Crippen LogP contribution >= 0.6 is 0 Å². The summed E-state index contributed by atoms with van der Waals surface area (Å²) in [7, 11) is 1.93. The van der Waals surface area contributed by atoms with Crippen molar-refractivity contribution in [2.45, 2.75) is 90.5 Å². The van der Waals surface area contributed by atoms with Crippen LogP contribution in [0.4, 0.5) is 4.79 Å². The number of amides is 2. The third-order valence-corrected chi connectivity index (χ3v) is 5.01. The van der Waals surface area contributed by atoms with Gasteiger partial charge in [-0.3, -0.25) is 0 Å². The lowest BCUT2D eigenvalue weighted by Crippen LogP contribution is -2.48. The van der Waals surface area contributed by atoms with Gasteiger partial charge >= 0.3 is 6.03 Å². The lowest BCUT2D eigenvalue weighted by molar-refractivity contribution is 0.120. The van der Waals surface area contributed by atoms with Gasteiger partial charge < -0.3 is 9.80 Å². The van der Waals surface area contributed by atoms with Crippen LogP contribution in [0.3, 0.4) is 0 Å². The number of urea groups is 1. The molecule has 3 heteroatoms. The lowest BCUT2D eigenvalue weighted by atomic mass is 9.86. The molecule has 1 saturated heterocycles. The third kappa shape index (κ3) is 5.52. The van der Waals surface area contributed by atoms with E-state index in [0.717, 1.165) is 19.5 Å². The minimum absolute atomic E-state index is 0.0726. The van der Waals surface area contributed by atoms with Crippen molar-refractivity contribution in [2.24, 2.45) is 0 Å². The van der Waals surface area contributed by atoms with Gasteiger partial charge in [0.2, 0.25) is 0 Å². The van der Waals surface area contributed by atoms with Crippen LogP contribution in [0.5, 0.6) is 0 Å². The molecule has 3 nitrogen and oxygen atoms in total. The van der Waals surface area contributed by atoms with Gasteiger partial charge in [0.1, 0.15) is 0 Å². The maximum atomic E-state index is 12.4. The molecule has 1 rings (SSSR count). The van der Waals surface area contributed by atoms with Crippen LogP contribution < -0.4 is 0 Å². The predicted molar refractivity (Wildman–Crippen MR) is 90.7 cm³/mol. The molecule has 1 aliphatic heterocycles. The molecule has 1 fully saturated rings. The van der Waals surface area contributed by atoms with E-state index in [4.69, 9.17) is 0 Å². The Bertz CT molecular complexity index is 306. The number of rotatable bonds is 11. The van der Waals surface area contributed by atoms with E-state index >= 15 is 0 Å². The molecule has 1 aliphatic rings. The summed E-state index contributed by atoms with van der Waals surface area (Å²) in [6.45, 7) is 8.62. The molecule has 0 aromatic heterocycles. The zero-order valence-corrected chi connectivity index (χ0v) is 14.8. The maximum Gasteiger partial charge on any atom is 0.320 e. The van der Waals surface area contributed by atoms with E-state index in [1.807, 2.05) is 11.9 Å². The lowest BCUT2D eigenvalue weighted by Gasteiger charge is -2.39. The van der Waals surface area contributed by atoms with Crippen molar-refractivity contribution in [1.82, 2.24) is 9.80 Å². The Kier molecular flexibility index (Phi) is 8.13. The van der Waals surface area contributed by atoms with Crippen molar-refractivity contribution in [3.05, 3.63) is 0 Å². The number of unbranched alkanes of at least 4 members (excludes halogenated alkanes) is 6. The zero-order chi connectivity index (χ0) is 15.7. The molecule has 2 amide bonds. The van der Waals surface area contributed by atoms with Crippen LogP contribution in [0.25, 0.3) is 0 Å². The maximum absolute atomic E-state index is 12.4. The molecule has 21 heavy (non-hydrogen) atoms. The molecule has 0 spiro atoms. The first kappa shape index (κ1) is 18.3. The molecule has 0 radical (unpaired) electrons. The van der Waals surface area contributed by atoms with Gasteiger partial charge in [0, 0.05) is 25.7 Å². The average Bonchev–Trinajstić information content (AvgIpc) is 2.80. The highest BCUT2D eigenvalue weighted by Crippen LogP contribution is 2.31. The van der Waals surface area contributed by atoms with Crippen molar-refractivity contribution in [1.29, 1.82) is 0 Å². The summed E-state index contributed by atoms with van der Waals surface area (Å²) < 4.78 is 0. The van der Waals surface area contributed by atoms with Crippen molar-refractivity contribution < 1.29 is 4.79 Å². The number of hydrogen-bond acceptors (Lipinski definition) is 1. The van der Waals surface area contributed by atoms with Gasteiger partial charge in [-0.25, -0.2) is 4.79 Å². The fourth-order valence-electron chi connectivity index (χ4n) is 3.41. The second-order valence-corrected chi connectivity index (χ2v) is 6.97. The van der Waals surface area contributed by atoms with Gasteiger partial charge in [-0.05, 0) is 19.8 Å². The van der Waals surface area contributed by atoms with E-state index in [-0.39, 0.29) is 11.6 Å². The van der Waals surface area contributed by atoms with Crippen LogP contribution in [0.2, 0.25) is 0 Å². The zero-order valence-electron chi connectivity index (χ0n) is 14.8. The van der Waals surface area contributed by atoms with E-state index in [1.165, 1.54) is 57.8 Å². The molecule has 1 heterocycles. The standard InChI is InChI=1S/C18H36N2O/c1-5-7-9-10-12-14-18(3,13-11-8-6-2)20-16-15-19(4)17(20)21/h5-16H2,1-4H3. The molecular weight excluding hydrogens is 260 g/mol. The van der Waals surface area contributed by atoms with Crippen molar-refractivity contribution in [2.75, 3.05) is 20.1 Å². The Morgan fingerprint density at radius 1 is 0.905 bits per heavy atom. The van der Waals surface area contributed by atoms with Crippen molar-refractivity contribution >= 4 is 6.03 Å². The van der Waals surface area contributed by atoms with Crippen molar-refractivity contribution in [3.8, 4) is 0 Å². The minimum atomic E-state index is 0.0726.